The highest BCUT2D eigenvalue weighted by Crippen LogP contribution is 2.45. The van der Waals surface area contributed by atoms with Crippen molar-refractivity contribution < 1.29 is 17.7 Å². The number of halogens is 3. The molecule has 0 radical (unpaired) electrons. The topological polar surface area (TPSA) is 64.9 Å². The monoisotopic (exact) mass is 249 g/mol. The average molecular weight is 249 g/mol. The van der Waals surface area contributed by atoms with Crippen molar-refractivity contribution in [1.29, 1.82) is 0 Å². The Morgan fingerprint density at radius 2 is 2.00 bits per heavy atom. The first-order valence-corrected chi connectivity index (χ1v) is 5.61. The third-order valence-electron chi connectivity index (χ3n) is 3.17. The van der Waals surface area contributed by atoms with E-state index in [1.54, 1.807) is 0 Å². The summed E-state index contributed by atoms with van der Waals surface area (Å²) < 4.78 is 43.4. The van der Waals surface area contributed by atoms with Crippen molar-refractivity contribution >= 4 is 0 Å². The van der Waals surface area contributed by atoms with E-state index < -0.39 is 18.0 Å². The lowest BCUT2D eigenvalue weighted by Crippen LogP contribution is -2.31. The van der Waals surface area contributed by atoms with Gasteiger partial charge in [0.15, 0.2) is 5.82 Å². The molecule has 1 fully saturated rings. The molecular weight excluding hydrogens is 235 g/mol. The second-order valence-corrected chi connectivity index (χ2v) is 4.29. The Morgan fingerprint density at radius 3 is 2.59 bits per heavy atom. The van der Waals surface area contributed by atoms with Gasteiger partial charge in [-0.3, -0.25) is 0 Å². The van der Waals surface area contributed by atoms with Crippen LogP contribution in [0.2, 0.25) is 0 Å². The van der Waals surface area contributed by atoms with Crippen LogP contribution in [0.5, 0.6) is 0 Å². The maximum Gasteiger partial charge on any atom is 0.392 e. The predicted octanol–water partition coefficient (Wildman–Crippen LogP) is 2.36. The highest BCUT2D eigenvalue weighted by atomic mass is 19.4. The molecule has 0 spiro atoms. The molecular formula is C10H14F3N3O. The van der Waals surface area contributed by atoms with Gasteiger partial charge in [0.2, 0.25) is 5.89 Å². The quantitative estimate of drug-likeness (QED) is 0.873. The number of aromatic nitrogens is 2. The molecule has 1 heterocycles. The normalized spacial score (nSPS) is 26.1. The maximum atomic E-state index is 12.9. The average Bonchev–Trinajstić information content (AvgIpc) is 2.76. The van der Waals surface area contributed by atoms with E-state index in [9.17, 15) is 13.2 Å². The molecule has 2 atom stereocenters. The predicted molar refractivity (Wildman–Crippen MR) is 52.9 cm³/mol. The molecule has 0 aromatic carbocycles. The maximum absolute atomic E-state index is 12.9. The first kappa shape index (κ1) is 12.3. The largest absolute Gasteiger partial charge is 0.392 e. The molecule has 2 rings (SSSR count). The highest BCUT2D eigenvalue weighted by molar-refractivity contribution is 5.00. The van der Waals surface area contributed by atoms with E-state index >= 15 is 0 Å². The Balaban J connectivity index is 2.21. The molecule has 2 unspecified atom stereocenters. The van der Waals surface area contributed by atoms with Gasteiger partial charge >= 0.3 is 6.18 Å². The summed E-state index contributed by atoms with van der Waals surface area (Å²) in [5, 5.41) is 3.55. The summed E-state index contributed by atoms with van der Waals surface area (Å²) in [4.78, 5) is 3.91. The fraction of sp³-hybridized carbons (Fsp3) is 0.800. The molecule has 1 saturated carbocycles. The fourth-order valence-corrected chi connectivity index (χ4v) is 2.32. The second kappa shape index (κ2) is 4.64. The Kier molecular flexibility index (Phi) is 3.37. The second-order valence-electron chi connectivity index (χ2n) is 4.29. The van der Waals surface area contributed by atoms with Gasteiger partial charge in [0.1, 0.15) is 0 Å². The van der Waals surface area contributed by atoms with Crippen LogP contribution >= 0.6 is 0 Å². The number of nitrogens with two attached hydrogens (primary N) is 1. The van der Waals surface area contributed by atoms with Crippen LogP contribution in [0, 0.1) is 5.92 Å². The van der Waals surface area contributed by atoms with Crippen LogP contribution in [-0.4, -0.2) is 16.3 Å². The summed E-state index contributed by atoms with van der Waals surface area (Å²) in [6, 6.07) is 0. The first-order valence-electron chi connectivity index (χ1n) is 5.61. The molecule has 1 aliphatic rings. The van der Waals surface area contributed by atoms with Crippen molar-refractivity contribution in [3.63, 3.8) is 0 Å². The number of rotatable bonds is 2. The fourth-order valence-electron chi connectivity index (χ4n) is 2.32. The van der Waals surface area contributed by atoms with Crippen molar-refractivity contribution in [2.75, 3.05) is 0 Å². The van der Waals surface area contributed by atoms with E-state index in [0.717, 1.165) is 6.42 Å². The molecule has 0 saturated heterocycles. The van der Waals surface area contributed by atoms with Crippen molar-refractivity contribution in [2.45, 2.75) is 44.3 Å². The van der Waals surface area contributed by atoms with Crippen LogP contribution in [0.3, 0.4) is 0 Å². The van der Waals surface area contributed by atoms with Gasteiger partial charge in [-0.1, -0.05) is 18.0 Å². The lowest BCUT2D eigenvalue weighted by molar-refractivity contribution is -0.189. The summed E-state index contributed by atoms with van der Waals surface area (Å²) >= 11 is 0. The lowest BCUT2D eigenvalue weighted by atomic mass is 9.78. The van der Waals surface area contributed by atoms with Crippen molar-refractivity contribution in [3.8, 4) is 0 Å². The SMILES string of the molecule is NCc1noc(C2CCCCC2C(F)(F)F)n1. The number of hydrogen-bond donors (Lipinski definition) is 1. The van der Waals surface area contributed by atoms with Crippen LogP contribution in [0.1, 0.15) is 43.3 Å². The minimum atomic E-state index is -4.21. The van der Waals surface area contributed by atoms with Gasteiger partial charge in [-0.15, -0.1) is 0 Å². The molecule has 96 valence electrons. The highest BCUT2D eigenvalue weighted by Gasteiger charge is 2.47. The van der Waals surface area contributed by atoms with E-state index in [0.29, 0.717) is 12.8 Å². The Labute approximate surface area is 96.4 Å². The number of hydrogen-bond acceptors (Lipinski definition) is 4. The molecule has 1 aromatic heterocycles. The van der Waals surface area contributed by atoms with Gasteiger partial charge in [-0.25, -0.2) is 0 Å². The molecule has 0 aliphatic heterocycles. The third kappa shape index (κ3) is 2.59. The molecule has 1 aliphatic carbocycles. The van der Waals surface area contributed by atoms with Crippen molar-refractivity contribution in [1.82, 2.24) is 10.1 Å². The zero-order valence-corrected chi connectivity index (χ0v) is 9.20. The van der Waals surface area contributed by atoms with Gasteiger partial charge in [-0.2, -0.15) is 18.2 Å². The zero-order valence-electron chi connectivity index (χ0n) is 9.20. The summed E-state index contributed by atoms with van der Waals surface area (Å²) in [5.74, 6) is -1.75. The first-order chi connectivity index (χ1) is 8.02. The van der Waals surface area contributed by atoms with Crippen LogP contribution in [-0.2, 0) is 6.54 Å². The van der Waals surface area contributed by atoms with Crippen LogP contribution < -0.4 is 5.73 Å². The minimum Gasteiger partial charge on any atom is -0.339 e. The van der Waals surface area contributed by atoms with Crippen molar-refractivity contribution in [3.05, 3.63) is 11.7 Å². The molecule has 4 nitrogen and oxygen atoms in total. The van der Waals surface area contributed by atoms with E-state index in [2.05, 4.69) is 10.1 Å². The summed E-state index contributed by atoms with van der Waals surface area (Å²) in [5.41, 5.74) is 5.31. The third-order valence-corrected chi connectivity index (χ3v) is 3.17. The zero-order chi connectivity index (χ0) is 12.5. The van der Waals surface area contributed by atoms with Gasteiger partial charge in [0.25, 0.3) is 0 Å². The van der Waals surface area contributed by atoms with E-state index in [-0.39, 0.29) is 24.7 Å². The smallest absolute Gasteiger partial charge is 0.339 e. The molecule has 2 N–H and O–H groups in total. The molecule has 17 heavy (non-hydrogen) atoms. The van der Waals surface area contributed by atoms with Gasteiger partial charge < -0.3 is 10.3 Å². The van der Waals surface area contributed by atoms with Crippen molar-refractivity contribution in [2.24, 2.45) is 11.7 Å². The summed E-state index contributed by atoms with van der Waals surface area (Å²) in [6.07, 6.45) is -2.27. The Hall–Kier alpha value is -1.11. The molecule has 0 amide bonds. The Morgan fingerprint density at radius 1 is 1.29 bits per heavy atom. The Bertz CT molecular complexity index is 377. The molecule has 1 aromatic rings. The van der Waals surface area contributed by atoms with Crippen LogP contribution in [0.15, 0.2) is 4.52 Å². The van der Waals surface area contributed by atoms with E-state index in [1.807, 2.05) is 0 Å². The van der Waals surface area contributed by atoms with Crippen LogP contribution in [0.4, 0.5) is 13.2 Å². The molecule has 0 bridgehead atoms. The lowest BCUT2D eigenvalue weighted by Gasteiger charge is -2.30. The van der Waals surface area contributed by atoms with Gasteiger partial charge in [0, 0.05) is 5.92 Å². The van der Waals surface area contributed by atoms with E-state index in [1.165, 1.54) is 0 Å². The van der Waals surface area contributed by atoms with E-state index in [4.69, 9.17) is 10.3 Å². The standard InChI is InChI=1S/C10H14F3N3O/c11-10(12,13)7-4-2-1-3-6(7)9-15-8(5-14)16-17-9/h6-7H,1-5,14H2. The van der Waals surface area contributed by atoms with Gasteiger partial charge in [-0.05, 0) is 12.8 Å². The summed E-state index contributed by atoms with van der Waals surface area (Å²) in [7, 11) is 0. The number of alkyl halides is 3. The molecule has 7 heteroatoms. The minimum absolute atomic E-state index is 0.0763. The number of nitrogens with zero attached hydrogens (tertiary/aromatic N) is 2. The van der Waals surface area contributed by atoms with Crippen LogP contribution in [0.25, 0.3) is 0 Å². The van der Waals surface area contributed by atoms with Gasteiger partial charge in [0.05, 0.1) is 12.5 Å². The summed E-state index contributed by atoms with van der Waals surface area (Å²) in [6.45, 7) is 0.0763.